The number of amides is 1. The van der Waals surface area contributed by atoms with Gasteiger partial charge >= 0.3 is 0 Å². The Morgan fingerprint density at radius 2 is 2.09 bits per heavy atom. The maximum absolute atomic E-state index is 13.0. The fourth-order valence-electron chi connectivity index (χ4n) is 4.07. The maximum atomic E-state index is 13.0. The molecule has 128 valence electrons. The third kappa shape index (κ3) is 3.26. The monoisotopic (exact) mass is 356 g/mol. The molecule has 0 aromatic carbocycles. The lowest BCUT2D eigenvalue weighted by Gasteiger charge is -2.44. The van der Waals surface area contributed by atoms with Crippen molar-refractivity contribution >= 4 is 30.1 Å². The molecule has 2 aliphatic heterocycles. The number of nitrogens with zero attached hydrogens (tertiary/aromatic N) is 2. The van der Waals surface area contributed by atoms with Crippen LogP contribution in [0.4, 0.5) is 0 Å². The summed E-state index contributed by atoms with van der Waals surface area (Å²) in [5.74, 6) is 1.20. The Morgan fingerprint density at radius 1 is 1.26 bits per heavy atom. The molecule has 0 radical (unpaired) electrons. The SMILES string of the molecule is Cl.O=C(c1n[nH]c2c1CNCC2)N1CCSC2(CCCCC2)C1. The van der Waals surface area contributed by atoms with Crippen LogP contribution in [0, 0.1) is 0 Å². The number of nitrogens with one attached hydrogen (secondary N) is 2. The number of hydrogen-bond acceptors (Lipinski definition) is 4. The van der Waals surface area contributed by atoms with Gasteiger partial charge in [-0.15, -0.1) is 12.4 Å². The predicted octanol–water partition coefficient (Wildman–Crippen LogP) is 2.37. The fraction of sp³-hybridized carbons (Fsp3) is 0.750. The molecule has 1 aromatic heterocycles. The molecule has 1 aliphatic carbocycles. The summed E-state index contributed by atoms with van der Waals surface area (Å²) in [6.45, 7) is 3.50. The molecule has 1 spiro atoms. The summed E-state index contributed by atoms with van der Waals surface area (Å²) in [4.78, 5) is 15.0. The number of H-pyrrole nitrogens is 1. The van der Waals surface area contributed by atoms with E-state index in [2.05, 4.69) is 32.2 Å². The van der Waals surface area contributed by atoms with Gasteiger partial charge in [-0.3, -0.25) is 9.89 Å². The number of thioether (sulfide) groups is 1. The quantitative estimate of drug-likeness (QED) is 0.811. The molecule has 1 aromatic rings. The first-order valence-electron chi connectivity index (χ1n) is 8.48. The zero-order chi connectivity index (χ0) is 15.0. The van der Waals surface area contributed by atoms with Crippen LogP contribution in [-0.2, 0) is 13.0 Å². The third-order valence-electron chi connectivity index (χ3n) is 5.31. The van der Waals surface area contributed by atoms with Crippen molar-refractivity contribution < 1.29 is 4.79 Å². The van der Waals surface area contributed by atoms with Gasteiger partial charge in [0.2, 0.25) is 0 Å². The highest BCUT2D eigenvalue weighted by Gasteiger charge is 2.39. The van der Waals surface area contributed by atoms with Gasteiger partial charge in [-0.25, -0.2) is 0 Å². The molecule has 1 saturated heterocycles. The summed E-state index contributed by atoms with van der Waals surface area (Å²) < 4.78 is 0.320. The van der Waals surface area contributed by atoms with Crippen molar-refractivity contribution in [2.45, 2.75) is 49.8 Å². The van der Waals surface area contributed by atoms with Gasteiger partial charge in [0.1, 0.15) is 0 Å². The Balaban J connectivity index is 0.00000156. The van der Waals surface area contributed by atoms with Gasteiger partial charge in [0, 0.05) is 54.4 Å². The van der Waals surface area contributed by atoms with Crippen molar-refractivity contribution in [2.75, 3.05) is 25.4 Å². The molecular formula is C16H25ClN4OS. The molecule has 3 aliphatic rings. The number of rotatable bonds is 1. The van der Waals surface area contributed by atoms with Gasteiger partial charge in [-0.05, 0) is 12.8 Å². The summed E-state index contributed by atoms with van der Waals surface area (Å²) >= 11 is 2.10. The Morgan fingerprint density at radius 3 is 2.91 bits per heavy atom. The fourth-order valence-corrected chi connectivity index (χ4v) is 5.64. The highest BCUT2D eigenvalue weighted by molar-refractivity contribution is 8.00. The van der Waals surface area contributed by atoms with Gasteiger partial charge in [0.15, 0.2) is 5.69 Å². The lowest BCUT2D eigenvalue weighted by Crippen LogP contribution is -2.50. The van der Waals surface area contributed by atoms with Gasteiger partial charge in [-0.1, -0.05) is 19.3 Å². The van der Waals surface area contributed by atoms with Crippen molar-refractivity contribution in [3.8, 4) is 0 Å². The molecule has 0 unspecified atom stereocenters. The van der Waals surface area contributed by atoms with E-state index in [4.69, 9.17) is 0 Å². The minimum atomic E-state index is 0. The summed E-state index contributed by atoms with van der Waals surface area (Å²) in [6.07, 6.45) is 7.46. The van der Waals surface area contributed by atoms with E-state index in [9.17, 15) is 4.79 Å². The molecule has 5 nitrogen and oxygen atoms in total. The number of aromatic nitrogens is 2. The van der Waals surface area contributed by atoms with Gasteiger partial charge in [0.25, 0.3) is 5.91 Å². The minimum absolute atomic E-state index is 0. The second kappa shape index (κ2) is 7.03. The Bertz CT molecular complexity index is 565. The first-order valence-corrected chi connectivity index (χ1v) is 9.46. The van der Waals surface area contributed by atoms with Gasteiger partial charge in [0.05, 0.1) is 0 Å². The lowest BCUT2D eigenvalue weighted by molar-refractivity contribution is 0.0723. The van der Waals surface area contributed by atoms with E-state index in [1.165, 1.54) is 32.1 Å². The van der Waals surface area contributed by atoms with Crippen molar-refractivity contribution in [2.24, 2.45) is 0 Å². The van der Waals surface area contributed by atoms with Crippen molar-refractivity contribution in [1.82, 2.24) is 20.4 Å². The summed E-state index contributed by atoms with van der Waals surface area (Å²) in [5.41, 5.74) is 2.88. The summed E-state index contributed by atoms with van der Waals surface area (Å²) in [6, 6.07) is 0. The molecule has 4 rings (SSSR count). The van der Waals surface area contributed by atoms with Crippen LogP contribution in [0.2, 0.25) is 0 Å². The van der Waals surface area contributed by atoms with E-state index < -0.39 is 0 Å². The molecule has 0 atom stereocenters. The van der Waals surface area contributed by atoms with Crippen LogP contribution < -0.4 is 5.32 Å². The molecule has 2 N–H and O–H groups in total. The first kappa shape index (κ1) is 17.1. The Hall–Kier alpha value is -0.720. The second-order valence-corrected chi connectivity index (χ2v) is 8.34. The van der Waals surface area contributed by atoms with Crippen LogP contribution in [0.15, 0.2) is 0 Å². The van der Waals surface area contributed by atoms with E-state index >= 15 is 0 Å². The summed E-state index contributed by atoms with van der Waals surface area (Å²) in [7, 11) is 0. The topological polar surface area (TPSA) is 61.0 Å². The smallest absolute Gasteiger partial charge is 0.274 e. The summed E-state index contributed by atoms with van der Waals surface area (Å²) in [5, 5.41) is 10.8. The average Bonchev–Trinajstić information content (AvgIpc) is 2.99. The molecular weight excluding hydrogens is 332 g/mol. The van der Waals surface area contributed by atoms with Gasteiger partial charge < -0.3 is 10.2 Å². The van der Waals surface area contributed by atoms with Crippen LogP contribution in [0.1, 0.15) is 53.8 Å². The zero-order valence-electron chi connectivity index (χ0n) is 13.4. The number of fused-ring (bicyclic) bond motifs is 1. The van der Waals surface area contributed by atoms with Crippen LogP contribution in [0.3, 0.4) is 0 Å². The second-order valence-electron chi connectivity index (χ2n) is 6.77. The van der Waals surface area contributed by atoms with E-state index in [-0.39, 0.29) is 18.3 Å². The number of halogens is 1. The van der Waals surface area contributed by atoms with Gasteiger partial charge in [-0.2, -0.15) is 16.9 Å². The molecule has 2 fully saturated rings. The third-order valence-corrected chi connectivity index (χ3v) is 6.85. The van der Waals surface area contributed by atoms with E-state index in [0.29, 0.717) is 10.4 Å². The number of carbonyl (C=O) groups is 1. The first-order chi connectivity index (χ1) is 10.8. The molecule has 23 heavy (non-hydrogen) atoms. The number of hydrogen-bond donors (Lipinski definition) is 2. The van der Waals surface area contributed by atoms with E-state index in [1.807, 2.05) is 0 Å². The Labute approximate surface area is 147 Å². The molecule has 7 heteroatoms. The average molecular weight is 357 g/mol. The minimum Gasteiger partial charge on any atom is -0.335 e. The predicted molar refractivity (Wildman–Crippen MR) is 95.4 cm³/mol. The van der Waals surface area contributed by atoms with Crippen molar-refractivity contribution in [3.63, 3.8) is 0 Å². The highest BCUT2D eigenvalue weighted by atomic mass is 35.5. The zero-order valence-corrected chi connectivity index (χ0v) is 15.0. The molecule has 1 saturated carbocycles. The van der Waals surface area contributed by atoms with Crippen LogP contribution in [-0.4, -0.2) is 51.1 Å². The normalized spacial score (nSPS) is 23.2. The highest BCUT2D eigenvalue weighted by Crippen LogP contribution is 2.43. The molecule has 0 bridgehead atoms. The largest absolute Gasteiger partial charge is 0.335 e. The number of aromatic amines is 1. The van der Waals surface area contributed by atoms with Crippen LogP contribution in [0.5, 0.6) is 0 Å². The number of carbonyl (C=O) groups excluding carboxylic acids is 1. The van der Waals surface area contributed by atoms with Crippen LogP contribution in [0.25, 0.3) is 0 Å². The standard InChI is InChI=1S/C16H24N4OS.ClH/c21-15(14-12-10-17-7-4-13(12)18-19-14)20-8-9-22-16(11-20)5-2-1-3-6-16;/h17H,1-11H2,(H,18,19);1H. The van der Waals surface area contributed by atoms with E-state index in [1.54, 1.807) is 0 Å². The molecule has 3 heterocycles. The van der Waals surface area contributed by atoms with Crippen molar-refractivity contribution in [3.05, 3.63) is 17.0 Å². The van der Waals surface area contributed by atoms with Crippen molar-refractivity contribution in [1.29, 1.82) is 0 Å². The Kier molecular flexibility index (Phi) is 5.23. The van der Waals surface area contributed by atoms with E-state index in [0.717, 1.165) is 49.6 Å². The lowest BCUT2D eigenvalue weighted by atomic mass is 9.87. The maximum Gasteiger partial charge on any atom is 0.274 e. The molecule has 1 amide bonds. The van der Waals surface area contributed by atoms with Crippen LogP contribution >= 0.6 is 24.2 Å².